The normalized spacial score (nSPS) is 19.1. The molecule has 1 aromatic rings. The van der Waals surface area contributed by atoms with Crippen LogP contribution >= 0.6 is 0 Å². The average Bonchev–Trinajstić information content (AvgIpc) is 2.41. The molecule has 0 spiro atoms. The van der Waals surface area contributed by atoms with Crippen molar-refractivity contribution in [1.29, 1.82) is 0 Å². The van der Waals surface area contributed by atoms with Crippen molar-refractivity contribution in [3.63, 3.8) is 0 Å². The minimum atomic E-state index is -0.435. The van der Waals surface area contributed by atoms with Crippen molar-refractivity contribution < 1.29 is 4.79 Å². The maximum atomic E-state index is 12.2. The number of rotatable bonds is 2. The number of hydrogen-bond donors (Lipinski definition) is 2. The van der Waals surface area contributed by atoms with Crippen LogP contribution in [-0.2, 0) is 4.79 Å². The van der Waals surface area contributed by atoms with Gasteiger partial charge in [-0.3, -0.25) is 4.79 Å². The second-order valence-corrected chi connectivity index (χ2v) is 7.47. The van der Waals surface area contributed by atoms with Gasteiger partial charge in [0.25, 0.3) is 0 Å². The summed E-state index contributed by atoms with van der Waals surface area (Å²) in [6, 6.07) is 4.53. The van der Waals surface area contributed by atoms with E-state index in [2.05, 4.69) is 24.1 Å². The number of nitrogens with one attached hydrogen (secondary N) is 1. The van der Waals surface area contributed by atoms with Gasteiger partial charge in [-0.2, -0.15) is 0 Å². The highest BCUT2D eigenvalue weighted by Crippen LogP contribution is 2.34. The highest BCUT2D eigenvalue weighted by atomic mass is 16.2. The molecule has 122 valence electrons. The van der Waals surface area contributed by atoms with Gasteiger partial charge in [-0.1, -0.05) is 20.8 Å². The molecule has 1 aliphatic rings. The third kappa shape index (κ3) is 3.54. The van der Waals surface area contributed by atoms with Gasteiger partial charge < -0.3 is 16.0 Å². The zero-order valence-corrected chi connectivity index (χ0v) is 14.5. The molecule has 1 aromatic carbocycles. The molecular weight excluding hydrogens is 274 g/mol. The van der Waals surface area contributed by atoms with E-state index in [0.29, 0.717) is 11.7 Å². The van der Waals surface area contributed by atoms with E-state index in [-0.39, 0.29) is 5.91 Å². The lowest BCUT2D eigenvalue weighted by Crippen LogP contribution is -2.38. The predicted molar refractivity (Wildman–Crippen MR) is 94.3 cm³/mol. The summed E-state index contributed by atoms with van der Waals surface area (Å²) >= 11 is 0. The molecule has 4 heteroatoms. The van der Waals surface area contributed by atoms with E-state index >= 15 is 0 Å². The van der Waals surface area contributed by atoms with Gasteiger partial charge in [0.2, 0.25) is 5.91 Å². The summed E-state index contributed by atoms with van der Waals surface area (Å²) in [6.07, 6.45) is 3.73. The number of nitrogens with zero attached hydrogens (tertiary/aromatic N) is 1. The number of carbonyl (C=O) groups is 1. The number of nitrogen functional groups attached to an aromatic ring is 1. The second kappa shape index (κ2) is 6.19. The van der Waals surface area contributed by atoms with E-state index in [1.54, 1.807) is 0 Å². The molecule has 0 saturated carbocycles. The summed E-state index contributed by atoms with van der Waals surface area (Å²) in [7, 11) is 0. The molecule has 1 saturated heterocycles. The van der Waals surface area contributed by atoms with Crippen molar-refractivity contribution in [1.82, 2.24) is 0 Å². The number of benzene rings is 1. The maximum absolute atomic E-state index is 12.2. The molecule has 1 atom stereocenters. The molecule has 0 aromatic heterocycles. The SMILES string of the molecule is Cc1cc(N)c(NC(=O)C(C)(C)C)cc1N1CCCC[C@H]1C. The molecule has 0 unspecified atom stereocenters. The van der Waals surface area contributed by atoms with Crippen LogP contribution in [0.15, 0.2) is 12.1 Å². The highest BCUT2D eigenvalue weighted by molar-refractivity contribution is 5.98. The largest absolute Gasteiger partial charge is 0.397 e. The smallest absolute Gasteiger partial charge is 0.229 e. The lowest BCUT2D eigenvalue weighted by molar-refractivity contribution is -0.123. The van der Waals surface area contributed by atoms with Crippen molar-refractivity contribution in [3.8, 4) is 0 Å². The van der Waals surface area contributed by atoms with Crippen LogP contribution < -0.4 is 16.0 Å². The summed E-state index contributed by atoms with van der Waals surface area (Å²) in [6.45, 7) is 11.1. The molecule has 1 heterocycles. The first-order valence-corrected chi connectivity index (χ1v) is 8.18. The first-order valence-electron chi connectivity index (χ1n) is 8.18. The van der Waals surface area contributed by atoms with Crippen molar-refractivity contribution in [2.75, 3.05) is 22.5 Å². The van der Waals surface area contributed by atoms with Gasteiger partial charge in [0.1, 0.15) is 0 Å². The number of carbonyl (C=O) groups excluding carboxylic acids is 1. The zero-order valence-electron chi connectivity index (χ0n) is 14.5. The molecule has 0 aliphatic carbocycles. The predicted octanol–water partition coefficient (Wildman–Crippen LogP) is 3.94. The third-order valence-electron chi connectivity index (χ3n) is 4.41. The Labute approximate surface area is 134 Å². The number of anilines is 3. The first-order chi connectivity index (χ1) is 10.2. The summed E-state index contributed by atoms with van der Waals surface area (Å²) in [5.41, 5.74) is 9.38. The zero-order chi connectivity index (χ0) is 16.5. The van der Waals surface area contributed by atoms with E-state index < -0.39 is 5.41 Å². The van der Waals surface area contributed by atoms with Crippen molar-refractivity contribution in [3.05, 3.63) is 17.7 Å². The number of piperidine rings is 1. The molecule has 2 rings (SSSR count). The van der Waals surface area contributed by atoms with Crippen molar-refractivity contribution in [2.24, 2.45) is 5.41 Å². The van der Waals surface area contributed by atoms with Crippen LogP contribution in [-0.4, -0.2) is 18.5 Å². The Morgan fingerprint density at radius 3 is 2.59 bits per heavy atom. The minimum absolute atomic E-state index is 0.0132. The molecule has 22 heavy (non-hydrogen) atoms. The van der Waals surface area contributed by atoms with E-state index in [0.717, 1.165) is 12.2 Å². The first kappa shape index (κ1) is 16.7. The highest BCUT2D eigenvalue weighted by Gasteiger charge is 2.24. The summed E-state index contributed by atoms with van der Waals surface area (Å²) in [5.74, 6) is -0.0132. The molecule has 0 radical (unpaired) electrons. The van der Waals surface area contributed by atoms with Crippen LogP contribution in [0.1, 0.15) is 52.5 Å². The Kier molecular flexibility index (Phi) is 4.69. The van der Waals surface area contributed by atoms with Gasteiger partial charge in [0.15, 0.2) is 0 Å². The fourth-order valence-electron chi connectivity index (χ4n) is 2.90. The number of nitrogens with two attached hydrogens (primary N) is 1. The second-order valence-electron chi connectivity index (χ2n) is 7.47. The molecular formula is C18H29N3O. The van der Waals surface area contributed by atoms with Crippen LogP contribution in [0.2, 0.25) is 0 Å². The quantitative estimate of drug-likeness (QED) is 0.814. The van der Waals surface area contributed by atoms with E-state index in [4.69, 9.17) is 5.73 Å². The Balaban J connectivity index is 2.32. The third-order valence-corrected chi connectivity index (χ3v) is 4.41. The van der Waals surface area contributed by atoms with Crippen LogP contribution in [0.25, 0.3) is 0 Å². The monoisotopic (exact) mass is 303 g/mol. The summed E-state index contributed by atoms with van der Waals surface area (Å²) < 4.78 is 0. The Bertz CT molecular complexity index is 560. The van der Waals surface area contributed by atoms with Crippen LogP contribution in [0.3, 0.4) is 0 Å². The number of amides is 1. The van der Waals surface area contributed by atoms with Gasteiger partial charge in [0.05, 0.1) is 11.4 Å². The van der Waals surface area contributed by atoms with Gasteiger partial charge in [-0.05, 0) is 50.8 Å². The molecule has 1 amide bonds. The topological polar surface area (TPSA) is 58.4 Å². The summed E-state index contributed by atoms with van der Waals surface area (Å²) in [5, 5.41) is 2.98. The van der Waals surface area contributed by atoms with Gasteiger partial charge >= 0.3 is 0 Å². The van der Waals surface area contributed by atoms with Crippen LogP contribution in [0, 0.1) is 12.3 Å². The van der Waals surface area contributed by atoms with E-state index in [9.17, 15) is 4.79 Å². The molecule has 1 fully saturated rings. The minimum Gasteiger partial charge on any atom is -0.397 e. The Morgan fingerprint density at radius 2 is 2.00 bits per heavy atom. The van der Waals surface area contributed by atoms with Crippen LogP contribution in [0.4, 0.5) is 17.1 Å². The van der Waals surface area contributed by atoms with E-state index in [1.807, 2.05) is 32.9 Å². The standard InChI is InChI=1S/C18H29N3O/c1-12-10-14(19)15(20-17(22)18(3,4)5)11-16(12)21-9-7-6-8-13(21)2/h10-11,13H,6-9,19H2,1-5H3,(H,20,22)/t13-/m1/s1. The fraction of sp³-hybridized carbons (Fsp3) is 0.611. The Hall–Kier alpha value is -1.71. The van der Waals surface area contributed by atoms with Crippen LogP contribution in [0.5, 0.6) is 0 Å². The number of hydrogen-bond acceptors (Lipinski definition) is 3. The lowest BCUT2D eigenvalue weighted by Gasteiger charge is -2.37. The van der Waals surface area contributed by atoms with Crippen molar-refractivity contribution >= 4 is 23.0 Å². The lowest BCUT2D eigenvalue weighted by atomic mass is 9.95. The molecule has 4 nitrogen and oxygen atoms in total. The van der Waals surface area contributed by atoms with Gasteiger partial charge in [-0.25, -0.2) is 0 Å². The fourth-order valence-corrected chi connectivity index (χ4v) is 2.90. The van der Waals surface area contributed by atoms with Gasteiger partial charge in [-0.15, -0.1) is 0 Å². The summed E-state index contributed by atoms with van der Waals surface area (Å²) in [4.78, 5) is 14.7. The molecule has 0 bridgehead atoms. The molecule has 1 aliphatic heterocycles. The average molecular weight is 303 g/mol. The van der Waals surface area contributed by atoms with E-state index in [1.165, 1.54) is 30.5 Å². The molecule has 3 N–H and O–H groups in total. The maximum Gasteiger partial charge on any atom is 0.229 e. The number of aryl methyl sites for hydroxylation is 1. The van der Waals surface area contributed by atoms with Gasteiger partial charge in [0, 0.05) is 23.7 Å². The Morgan fingerprint density at radius 1 is 1.32 bits per heavy atom. The van der Waals surface area contributed by atoms with Crippen molar-refractivity contribution in [2.45, 2.75) is 59.9 Å².